The van der Waals surface area contributed by atoms with Gasteiger partial charge in [0.15, 0.2) is 0 Å². The number of aryl methyl sites for hydroxylation is 2. The average molecular weight is 213 g/mol. The Morgan fingerprint density at radius 2 is 2.33 bits per heavy atom. The number of rotatable bonds is 4. The minimum atomic E-state index is -0.439. The number of nitrogens with zero attached hydrogens (tertiary/aromatic N) is 3. The summed E-state index contributed by atoms with van der Waals surface area (Å²) in [6.45, 7) is 3.90. The van der Waals surface area contributed by atoms with E-state index < -0.39 is 4.92 Å². The summed E-state index contributed by atoms with van der Waals surface area (Å²) < 4.78 is 1.45. The van der Waals surface area contributed by atoms with Crippen LogP contribution >= 0.6 is 0 Å². The van der Waals surface area contributed by atoms with Gasteiger partial charge in [0.25, 0.3) is 0 Å². The molecule has 0 aliphatic heterocycles. The van der Waals surface area contributed by atoms with E-state index in [2.05, 4.69) is 10.4 Å². The largest absolute Gasteiger partial charge is 0.363 e. The molecule has 0 aliphatic rings. The fourth-order valence-corrected chi connectivity index (χ4v) is 1.32. The highest BCUT2D eigenvalue weighted by molar-refractivity contribution is 5.59. The van der Waals surface area contributed by atoms with Crippen molar-refractivity contribution in [3.63, 3.8) is 0 Å². The zero-order valence-electron chi connectivity index (χ0n) is 9.02. The fraction of sp³-hybridized carbons (Fsp3) is 0.625. The Morgan fingerprint density at radius 3 is 2.80 bits per heavy atom. The molecule has 0 amide bonds. The predicted octanol–water partition coefficient (Wildman–Crippen LogP) is 0.396. The number of hydrogen-bond acceptors (Lipinski definition) is 5. The smallest absolute Gasteiger partial charge is 0.333 e. The molecule has 0 spiro atoms. The van der Waals surface area contributed by atoms with Gasteiger partial charge in [-0.05, 0) is 13.8 Å². The van der Waals surface area contributed by atoms with Crippen molar-refractivity contribution in [3.05, 3.63) is 15.8 Å². The van der Waals surface area contributed by atoms with Crippen molar-refractivity contribution in [1.82, 2.24) is 9.78 Å². The molecule has 7 nitrogen and oxygen atoms in total. The third kappa shape index (κ3) is 2.44. The van der Waals surface area contributed by atoms with Crippen LogP contribution < -0.4 is 11.1 Å². The van der Waals surface area contributed by atoms with Crippen molar-refractivity contribution >= 4 is 11.5 Å². The summed E-state index contributed by atoms with van der Waals surface area (Å²) in [6.07, 6.45) is 0. The zero-order chi connectivity index (χ0) is 11.6. The summed E-state index contributed by atoms with van der Waals surface area (Å²) in [6, 6.07) is -0.0696. The summed E-state index contributed by atoms with van der Waals surface area (Å²) in [7, 11) is 1.66. The number of nitrogens with two attached hydrogens (primary N) is 1. The lowest BCUT2D eigenvalue weighted by molar-refractivity contribution is -0.384. The highest BCUT2D eigenvalue weighted by atomic mass is 16.6. The van der Waals surface area contributed by atoms with Crippen LogP contribution in [0.5, 0.6) is 0 Å². The maximum atomic E-state index is 10.8. The summed E-state index contributed by atoms with van der Waals surface area (Å²) in [4.78, 5) is 10.3. The van der Waals surface area contributed by atoms with Crippen LogP contribution in [0.1, 0.15) is 12.6 Å². The number of anilines is 1. The van der Waals surface area contributed by atoms with Crippen LogP contribution in [-0.4, -0.2) is 27.3 Å². The molecule has 84 valence electrons. The van der Waals surface area contributed by atoms with Gasteiger partial charge in [0, 0.05) is 19.6 Å². The Bertz CT molecular complexity index is 371. The van der Waals surface area contributed by atoms with E-state index in [9.17, 15) is 10.1 Å². The van der Waals surface area contributed by atoms with Crippen LogP contribution in [0.2, 0.25) is 0 Å². The topological polar surface area (TPSA) is 99.0 Å². The van der Waals surface area contributed by atoms with Crippen molar-refractivity contribution < 1.29 is 4.92 Å². The highest BCUT2D eigenvalue weighted by Gasteiger charge is 2.23. The summed E-state index contributed by atoms with van der Waals surface area (Å²) >= 11 is 0. The van der Waals surface area contributed by atoms with Gasteiger partial charge in [-0.25, -0.2) is 4.68 Å². The van der Waals surface area contributed by atoms with E-state index in [1.807, 2.05) is 6.92 Å². The van der Waals surface area contributed by atoms with Gasteiger partial charge in [0.05, 0.1) is 4.92 Å². The molecule has 15 heavy (non-hydrogen) atoms. The molecule has 1 unspecified atom stereocenters. The number of hydrogen-bond donors (Lipinski definition) is 2. The number of nitro groups is 1. The Kier molecular flexibility index (Phi) is 3.25. The molecule has 0 aliphatic carbocycles. The minimum absolute atomic E-state index is 0.0122. The standard InChI is InChI=1S/C8H15N5O2/c1-5(9)4-10-8-7(13(14)15)6(2)11-12(8)3/h5,10H,4,9H2,1-3H3. The lowest BCUT2D eigenvalue weighted by Crippen LogP contribution is -2.26. The number of nitrogens with one attached hydrogen (secondary N) is 1. The highest BCUT2D eigenvalue weighted by Crippen LogP contribution is 2.26. The first-order valence-corrected chi connectivity index (χ1v) is 4.61. The van der Waals surface area contributed by atoms with Gasteiger partial charge >= 0.3 is 5.69 Å². The van der Waals surface area contributed by atoms with Crippen molar-refractivity contribution in [2.75, 3.05) is 11.9 Å². The van der Waals surface area contributed by atoms with Crippen LogP contribution in [0.3, 0.4) is 0 Å². The van der Waals surface area contributed by atoms with Crippen LogP contribution in [0.25, 0.3) is 0 Å². The normalized spacial score (nSPS) is 12.5. The second kappa shape index (κ2) is 4.26. The van der Waals surface area contributed by atoms with Gasteiger partial charge < -0.3 is 11.1 Å². The Labute approximate surface area is 87.4 Å². The lowest BCUT2D eigenvalue weighted by Gasteiger charge is -2.08. The molecule has 0 saturated carbocycles. The van der Waals surface area contributed by atoms with Crippen molar-refractivity contribution in [2.24, 2.45) is 12.8 Å². The summed E-state index contributed by atoms with van der Waals surface area (Å²) in [5.74, 6) is 0.398. The monoisotopic (exact) mass is 213 g/mol. The summed E-state index contributed by atoms with van der Waals surface area (Å²) in [5.41, 5.74) is 5.97. The maximum Gasteiger partial charge on any atom is 0.333 e. The molecule has 0 radical (unpaired) electrons. The SMILES string of the molecule is Cc1nn(C)c(NCC(C)N)c1[N+](=O)[O-]. The Hall–Kier alpha value is -1.63. The molecular formula is C8H15N5O2. The molecule has 0 aromatic carbocycles. The first-order valence-electron chi connectivity index (χ1n) is 4.61. The Balaban J connectivity index is 2.99. The van der Waals surface area contributed by atoms with Gasteiger partial charge in [-0.1, -0.05) is 0 Å². The molecule has 1 heterocycles. The van der Waals surface area contributed by atoms with Crippen molar-refractivity contribution in [1.29, 1.82) is 0 Å². The van der Waals surface area contributed by atoms with E-state index in [0.717, 1.165) is 0 Å². The molecule has 0 saturated heterocycles. The Morgan fingerprint density at radius 1 is 1.73 bits per heavy atom. The van der Waals surface area contributed by atoms with E-state index in [0.29, 0.717) is 18.1 Å². The van der Waals surface area contributed by atoms with E-state index in [-0.39, 0.29) is 11.7 Å². The first-order chi connectivity index (χ1) is 6.93. The van der Waals surface area contributed by atoms with Crippen LogP contribution in [0.15, 0.2) is 0 Å². The quantitative estimate of drug-likeness (QED) is 0.557. The van der Waals surface area contributed by atoms with Crippen LogP contribution in [0, 0.1) is 17.0 Å². The van der Waals surface area contributed by atoms with Crippen molar-refractivity contribution in [2.45, 2.75) is 19.9 Å². The van der Waals surface area contributed by atoms with E-state index in [1.165, 1.54) is 4.68 Å². The van der Waals surface area contributed by atoms with Gasteiger partial charge in [-0.3, -0.25) is 10.1 Å². The van der Waals surface area contributed by atoms with E-state index in [4.69, 9.17) is 5.73 Å². The van der Waals surface area contributed by atoms with Gasteiger partial charge in [0.1, 0.15) is 5.69 Å². The zero-order valence-corrected chi connectivity index (χ0v) is 9.02. The van der Waals surface area contributed by atoms with Gasteiger partial charge in [-0.2, -0.15) is 5.10 Å². The summed E-state index contributed by atoms with van der Waals surface area (Å²) in [5, 5.41) is 17.7. The van der Waals surface area contributed by atoms with Gasteiger partial charge in [-0.15, -0.1) is 0 Å². The molecule has 1 aromatic rings. The third-order valence-electron chi connectivity index (χ3n) is 1.96. The molecule has 1 rings (SSSR count). The second-order valence-corrected chi connectivity index (χ2v) is 3.52. The maximum absolute atomic E-state index is 10.8. The second-order valence-electron chi connectivity index (χ2n) is 3.52. The molecule has 0 bridgehead atoms. The van der Waals surface area contributed by atoms with Gasteiger partial charge in [0.2, 0.25) is 5.82 Å². The molecule has 1 aromatic heterocycles. The molecule has 0 fully saturated rings. The molecule has 1 atom stereocenters. The van der Waals surface area contributed by atoms with Crippen molar-refractivity contribution in [3.8, 4) is 0 Å². The van der Waals surface area contributed by atoms with E-state index in [1.54, 1.807) is 14.0 Å². The van der Waals surface area contributed by atoms with Crippen LogP contribution in [0.4, 0.5) is 11.5 Å². The van der Waals surface area contributed by atoms with E-state index >= 15 is 0 Å². The molecule has 3 N–H and O–H groups in total. The van der Waals surface area contributed by atoms with Crippen LogP contribution in [-0.2, 0) is 7.05 Å². The molecular weight excluding hydrogens is 198 g/mol. The third-order valence-corrected chi connectivity index (χ3v) is 1.96. The molecule has 7 heteroatoms. The fourth-order valence-electron chi connectivity index (χ4n) is 1.32. The predicted molar refractivity (Wildman–Crippen MR) is 56.7 cm³/mol. The first kappa shape index (κ1) is 11.4. The number of aromatic nitrogens is 2. The lowest BCUT2D eigenvalue weighted by atomic mass is 10.3. The average Bonchev–Trinajstić information content (AvgIpc) is 2.37. The minimum Gasteiger partial charge on any atom is -0.363 e.